The van der Waals surface area contributed by atoms with E-state index in [1.165, 1.54) is 16.3 Å². The molecule has 0 aliphatic heterocycles. The zero-order valence-corrected chi connectivity index (χ0v) is 18.8. The molecule has 4 N–H and O–H groups in total. The molecular formula is C20H26N8O2S. The first-order valence-electron chi connectivity index (χ1n) is 10.0. The molecule has 0 amide bonds. The van der Waals surface area contributed by atoms with E-state index in [1.807, 2.05) is 56.5 Å². The van der Waals surface area contributed by atoms with Crippen LogP contribution in [0.2, 0.25) is 0 Å². The third-order valence-electron chi connectivity index (χ3n) is 4.55. The highest BCUT2D eigenvalue weighted by atomic mass is 32.2. The summed E-state index contributed by atoms with van der Waals surface area (Å²) in [6.07, 6.45) is 0. The van der Waals surface area contributed by atoms with Crippen LogP contribution in [0.15, 0.2) is 39.0 Å². The number of nitrogens with zero attached hydrogens (tertiary/aromatic N) is 5. The standard InChI is InChI=1S/C18H20N8O2S.C2H6/c1-3-25-12(9-29-17-22-16(19)23-24-17)20-14-13(25)15(27)21-18(28)26(14)8-11-6-4-10(2)5-7-11;1-2/h4-7H,3,8-9H2,1-2H3,(H,21,27,28)(H3,19,22,23,24);1-2H3. The molecule has 0 radical (unpaired) electrons. The van der Waals surface area contributed by atoms with Gasteiger partial charge in [0.25, 0.3) is 5.56 Å². The van der Waals surface area contributed by atoms with Gasteiger partial charge < -0.3 is 10.3 Å². The molecule has 10 nitrogen and oxygen atoms in total. The molecule has 0 unspecified atom stereocenters. The molecule has 31 heavy (non-hydrogen) atoms. The molecule has 0 spiro atoms. The number of rotatable bonds is 6. The number of nitrogen functional groups attached to an aromatic ring is 1. The van der Waals surface area contributed by atoms with E-state index in [2.05, 4.69) is 25.1 Å². The molecule has 3 heterocycles. The van der Waals surface area contributed by atoms with Crippen molar-refractivity contribution < 1.29 is 0 Å². The minimum absolute atomic E-state index is 0.236. The first-order valence-corrected chi connectivity index (χ1v) is 11.0. The van der Waals surface area contributed by atoms with Gasteiger partial charge in [-0.15, -0.1) is 5.10 Å². The Balaban J connectivity index is 0.00000132. The van der Waals surface area contributed by atoms with Gasteiger partial charge in [-0.2, -0.15) is 4.98 Å². The van der Waals surface area contributed by atoms with Crippen LogP contribution < -0.4 is 17.0 Å². The average molecular weight is 443 g/mol. The number of nitrogens with two attached hydrogens (primary N) is 1. The summed E-state index contributed by atoms with van der Waals surface area (Å²) in [7, 11) is 0. The van der Waals surface area contributed by atoms with Crippen LogP contribution in [0.4, 0.5) is 5.95 Å². The number of aromatic amines is 2. The number of anilines is 1. The summed E-state index contributed by atoms with van der Waals surface area (Å²) < 4.78 is 3.30. The number of aromatic nitrogens is 7. The fraction of sp³-hybridized carbons (Fsp3) is 0.350. The number of imidazole rings is 1. The van der Waals surface area contributed by atoms with Crippen molar-refractivity contribution in [3.05, 3.63) is 62.1 Å². The fourth-order valence-electron chi connectivity index (χ4n) is 3.14. The molecule has 0 atom stereocenters. The molecule has 3 aromatic heterocycles. The van der Waals surface area contributed by atoms with E-state index in [1.54, 1.807) is 0 Å². The minimum atomic E-state index is -0.482. The molecule has 164 valence electrons. The molecule has 4 aromatic rings. The van der Waals surface area contributed by atoms with Crippen LogP contribution in [-0.4, -0.2) is 34.3 Å². The molecular weight excluding hydrogens is 416 g/mol. The maximum Gasteiger partial charge on any atom is 0.330 e. The highest BCUT2D eigenvalue weighted by Crippen LogP contribution is 2.21. The predicted molar refractivity (Wildman–Crippen MR) is 122 cm³/mol. The highest BCUT2D eigenvalue weighted by molar-refractivity contribution is 7.98. The Hall–Kier alpha value is -3.34. The third-order valence-corrected chi connectivity index (χ3v) is 5.40. The second-order valence-corrected chi connectivity index (χ2v) is 7.51. The molecule has 1 aromatic carbocycles. The second kappa shape index (κ2) is 9.65. The number of hydrogen-bond acceptors (Lipinski definition) is 7. The van der Waals surface area contributed by atoms with E-state index in [9.17, 15) is 9.59 Å². The smallest absolute Gasteiger partial charge is 0.330 e. The van der Waals surface area contributed by atoms with Crippen molar-refractivity contribution in [1.29, 1.82) is 0 Å². The quantitative estimate of drug-likeness (QED) is 0.389. The van der Waals surface area contributed by atoms with Gasteiger partial charge in [0.2, 0.25) is 11.1 Å². The second-order valence-electron chi connectivity index (χ2n) is 6.57. The Labute approximate surface area is 182 Å². The van der Waals surface area contributed by atoms with Gasteiger partial charge in [-0.1, -0.05) is 55.4 Å². The Morgan fingerprint density at radius 1 is 1.10 bits per heavy atom. The normalized spacial score (nSPS) is 10.8. The zero-order chi connectivity index (χ0) is 22.5. The lowest BCUT2D eigenvalue weighted by Crippen LogP contribution is -2.31. The van der Waals surface area contributed by atoms with Crippen molar-refractivity contribution in [3.8, 4) is 0 Å². The lowest BCUT2D eigenvalue weighted by atomic mass is 10.1. The largest absolute Gasteiger partial charge is 0.368 e. The Morgan fingerprint density at radius 2 is 1.81 bits per heavy atom. The lowest BCUT2D eigenvalue weighted by molar-refractivity contribution is 0.736. The van der Waals surface area contributed by atoms with E-state index < -0.39 is 11.2 Å². The van der Waals surface area contributed by atoms with E-state index in [0.29, 0.717) is 41.0 Å². The van der Waals surface area contributed by atoms with E-state index in [4.69, 9.17) is 5.73 Å². The van der Waals surface area contributed by atoms with Crippen LogP contribution in [-0.2, 0) is 18.8 Å². The molecule has 0 saturated carbocycles. The summed E-state index contributed by atoms with van der Waals surface area (Å²) in [5.41, 5.74) is 7.46. The molecule has 4 rings (SSSR count). The first kappa shape index (κ1) is 22.3. The number of aryl methyl sites for hydroxylation is 2. The van der Waals surface area contributed by atoms with Crippen LogP contribution in [0.25, 0.3) is 11.2 Å². The molecule has 0 bridgehead atoms. The third kappa shape index (κ3) is 4.71. The van der Waals surface area contributed by atoms with Crippen molar-refractivity contribution >= 4 is 28.9 Å². The summed E-state index contributed by atoms with van der Waals surface area (Å²) in [4.78, 5) is 36.2. The van der Waals surface area contributed by atoms with Gasteiger partial charge in [0.15, 0.2) is 11.2 Å². The molecule has 0 saturated heterocycles. The van der Waals surface area contributed by atoms with Gasteiger partial charge >= 0.3 is 5.69 Å². The van der Waals surface area contributed by atoms with Crippen molar-refractivity contribution in [2.45, 2.75) is 51.7 Å². The number of hydrogen-bond donors (Lipinski definition) is 3. The van der Waals surface area contributed by atoms with Crippen molar-refractivity contribution in [3.63, 3.8) is 0 Å². The number of H-pyrrole nitrogens is 2. The number of benzene rings is 1. The monoisotopic (exact) mass is 442 g/mol. The van der Waals surface area contributed by atoms with Crippen molar-refractivity contribution in [1.82, 2.24) is 34.3 Å². The van der Waals surface area contributed by atoms with Gasteiger partial charge in [0.05, 0.1) is 12.3 Å². The van der Waals surface area contributed by atoms with E-state index in [-0.39, 0.29) is 5.95 Å². The Bertz CT molecular complexity index is 1280. The zero-order valence-electron chi connectivity index (χ0n) is 18.0. The fourth-order valence-corrected chi connectivity index (χ4v) is 3.89. The van der Waals surface area contributed by atoms with Crippen molar-refractivity contribution in [2.24, 2.45) is 0 Å². The van der Waals surface area contributed by atoms with Gasteiger partial charge in [-0.3, -0.25) is 14.3 Å². The Kier molecular flexibility index (Phi) is 6.95. The number of fused-ring (bicyclic) bond motifs is 1. The summed E-state index contributed by atoms with van der Waals surface area (Å²) in [5, 5.41) is 7.07. The van der Waals surface area contributed by atoms with E-state index in [0.717, 1.165) is 11.1 Å². The highest BCUT2D eigenvalue weighted by Gasteiger charge is 2.18. The number of nitrogens with one attached hydrogen (secondary N) is 2. The lowest BCUT2D eigenvalue weighted by Gasteiger charge is -2.07. The topological polar surface area (TPSA) is 140 Å². The van der Waals surface area contributed by atoms with Crippen LogP contribution in [0.1, 0.15) is 37.7 Å². The molecule has 0 fully saturated rings. The van der Waals surface area contributed by atoms with Gasteiger partial charge in [-0.25, -0.2) is 14.9 Å². The van der Waals surface area contributed by atoms with E-state index >= 15 is 0 Å². The first-order chi connectivity index (χ1) is 15.0. The molecule has 0 aliphatic carbocycles. The summed E-state index contributed by atoms with van der Waals surface area (Å²) in [6, 6.07) is 7.89. The van der Waals surface area contributed by atoms with Gasteiger partial charge in [-0.05, 0) is 19.4 Å². The molecule has 11 heteroatoms. The predicted octanol–water partition coefficient (Wildman–Crippen LogP) is 2.28. The summed E-state index contributed by atoms with van der Waals surface area (Å²) >= 11 is 1.34. The van der Waals surface area contributed by atoms with Crippen LogP contribution in [0.3, 0.4) is 0 Å². The Morgan fingerprint density at radius 3 is 2.42 bits per heavy atom. The summed E-state index contributed by atoms with van der Waals surface area (Å²) in [6.45, 7) is 8.78. The number of thioether (sulfide) groups is 1. The minimum Gasteiger partial charge on any atom is -0.368 e. The summed E-state index contributed by atoms with van der Waals surface area (Å²) in [5.74, 6) is 1.32. The maximum atomic E-state index is 12.5. The van der Waals surface area contributed by atoms with Crippen LogP contribution in [0, 0.1) is 6.92 Å². The maximum absolute atomic E-state index is 12.5. The van der Waals surface area contributed by atoms with Gasteiger partial charge in [0, 0.05) is 6.54 Å². The average Bonchev–Trinajstić information content (AvgIpc) is 3.35. The van der Waals surface area contributed by atoms with Crippen LogP contribution >= 0.6 is 11.8 Å². The van der Waals surface area contributed by atoms with Crippen LogP contribution in [0.5, 0.6) is 0 Å². The van der Waals surface area contributed by atoms with Gasteiger partial charge in [0.1, 0.15) is 5.82 Å². The SMILES string of the molecule is CC.CCn1c(CSc2n[nH]c(N)n2)nc2c1c(=O)[nH]c(=O)n2Cc1ccc(C)cc1. The van der Waals surface area contributed by atoms with Crippen molar-refractivity contribution in [2.75, 3.05) is 5.73 Å². The molecule has 0 aliphatic rings.